The molecule has 0 aliphatic carbocycles. The zero-order chi connectivity index (χ0) is 19.9. The summed E-state index contributed by atoms with van der Waals surface area (Å²) in [7, 11) is 0. The van der Waals surface area contributed by atoms with Gasteiger partial charge in [-0.1, -0.05) is 72.8 Å². The lowest BCUT2D eigenvalue weighted by molar-refractivity contribution is 0.477. The molecule has 3 rings (SSSR count). The third kappa shape index (κ3) is 3.84. The number of aromatic hydroxyl groups is 1. The molecule has 0 heterocycles. The van der Waals surface area contributed by atoms with Gasteiger partial charge in [-0.2, -0.15) is 0 Å². The molecule has 0 unspecified atom stereocenters. The van der Waals surface area contributed by atoms with Gasteiger partial charge >= 0.3 is 0 Å². The van der Waals surface area contributed by atoms with Crippen LogP contribution in [0.5, 0.6) is 5.75 Å². The Kier molecular flexibility index (Phi) is 6.29. The molecule has 28 heavy (non-hydrogen) atoms. The first-order valence-electron chi connectivity index (χ1n) is 9.55. The van der Waals surface area contributed by atoms with E-state index in [2.05, 4.69) is 50.1 Å². The van der Waals surface area contributed by atoms with Crippen LogP contribution < -0.4 is 0 Å². The molecule has 1 N–H and O–H groups in total. The topological polar surface area (TPSA) is 20.2 Å². The maximum Gasteiger partial charge on any atom is 0.123 e. The SMILES string of the molecule is C=CCc1cc(CC=C)c(-c2ccccc2O)c(CC=C)c1-c1ccccc1. The van der Waals surface area contributed by atoms with Crippen LogP contribution in [-0.4, -0.2) is 5.11 Å². The number of rotatable bonds is 8. The lowest BCUT2D eigenvalue weighted by Crippen LogP contribution is -2.03. The first-order valence-corrected chi connectivity index (χ1v) is 9.55. The van der Waals surface area contributed by atoms with E-state index in [0.29, 0.717) is 6.42 Å². The summed E-state index contributed by atoms with van der Waals surface area (Å²) in [5.41, 5.74) is 7.85. The number of allylic oxidation sites excluding steroid dienone is 3. The van der Waals surface area contributed by atoms with E-state index in [1.165, 1.54) is 16.7 Å². The molecule has 0 fully saturated rings. The first kappa shape index (κ1) is 19.4. The van der Waals surface area contributed by atoms with Gasteiger partial charge in [0.25, 0.3) is 0 Å². The summed E-state index contributed by atoms with van der Waals surface area (Å²) < 4.78 is 0. The Balaban J connectivity index is 2.45. The van der Waals surface area contributed by atoms with Crippen molar-refractivity contribution in [2.24, 2.45) is 0 Å². The van der Waals surface area contributed by atoms with Crippen LogP contribution >= 0.6 is 0 Å². The Morgan fingerprint density at radius 2 is 1.25 bits per heavy atom. The van der Waals surface area contributed by atoms with Crippen LogP contribution in [0.1, 0.15) is 16.7 Å². The van der Waals surface area contributed by atoms with Gasteiger partial charge in [0.05, 0.1) is 0 Å². The summed E-state index contributed by atoms with van der Waals surface area (Å²) in [6.07, 6.45) is 8.00. The van der Waals surface area contributed by atoms with Gasteiger partial charge in [-0.25, -0.2) is 0 Å². The number of benzene rings is 3. The number of phenolic OH excluding ortho intramolecular Hbond substituents is 1. The minimum atomic E-state index is 0.286. The number of hydrogen-bond donors (Lipinski definition) is 1. The maximum absolute atomic E-state index is 10.6. The van der Waals surface area contributed by atoms with Crippen LogP contribution in [0, 0.1) is 0 Å². The number of hydrogen-bond acceptors (Lipinski definition) is 1. The van der Waals surface area contributed by atoms with Gasteiger partial charge in [0.1, 0.15) is 5.75 Å². The molecule has 0 amide bonds. The largest absolute Gasteiger partial charge is 0.507 e. The predicted molar refractivity (Wildman–Crippen MR) is 121 cm³/mol. The molecule has 0 aromatic heterocycles. The van der Waals surface area contributed by atoms with Gasteiger partial charge < -0.3 is 5.11 Å². The highest BCUT2D eigenvalue weighted by Gasteiger charge is 2.20. The maximum atomic E-state index is 10.6. The predicted octanol–water partition coefficient (Wildman–Crippen LogP) is 6.91. The van der Waals surface area contributed by atoms with Crippen molar-refractivity contribution in [3.8, 4) is 28.0 Å². The lowest BCUT2D eigenvalue weighted by atomic mass is 9.81. The van der Waals surface area contributed by atoms with E-state index in [9.17, 15) is 5.11 Å². The molecule has 140 valence electrons. The van der Waals surface area contributed by atoms with Gasteiger partial charge in [-0.05, 0) is 58.7 Å². The Bertz CT molecular complexity index is 996. The normalized spacial score (nSPS) is 10.4. The van der Waals surface area contributed by atoms with E-state index in [4.69, 9.17) is 0 Å². The molecule has 0 atom stereocenters. The standard InChI is InChI=1S/C27H26O/c1-4-12-21-19-22(13-5-2)27(23-17-10-11-18-25(23)28)24(14-6-3)26(21)20-15-8-7-9-16-20/h4-11,15-19,28H,1-3,12-14H2. The zero-order valence-corrected chi connectivity index (χ0v) is 16.2. The molecule has 1 heteroatoms. The van der Waals surface area contributed by atoms with Gasteiger partial charge in [0.2, 0.25) is 0 Å². The van der Waals surface area contributed by atoms with Crippen molar-refractivity contribution in [1.82, 2.24) is 0 Å². The van der Waals surface area contributed by atoms with Crippen LogP contribution in [0.2, 0.25) is 0 Å². The van der Waals surface area contributed by atoms with Crippen molar-refractivity contribution >= 4 is 0 Å². The van der Waals surface area contributed by atoms with Crippen LogP contribution in [0.25, 0.3) is 22.3 Å². The highest BCUT2D eigenvalue weighted by atomic mass is 16.3. The van der Waals surface area contributed by atoms with Crippen LogP contribution in [-0.2, 0) is 19.3 Å². The van der Waals surface area contributed by atoms with Crippen molar-refractivity contribution in [3.63, 3.8) is 0 Å². The molecule has 0 spiro atoms. The highest BCUT2D eigenvalue weighted by Crippen LogP contribution is 2.42. The van der Waals surface area contributed by atoms with E-state index < -0.39 is 0 Å². The summed E-state index contributed by atoms with van der Waals surface area (Å²) in [6.45, 7) is 11.9. The van der Waals surface area contributed by atoms with Gasteiger partial charge in [-0.3, -0.25) is 0 Å². The van der Waals surface area contributed by atoms with Crippen molar-refractivity contribution in [1.29, 1.82) is 0 Å². The van der Waals surface area contributed by atoms with E-state index in [0.717, 1.165) is 35.1 Å². The minimum absolute atomic E-state index is 0.286. The minimum Gasteiger partial charge on any atom is -0.507 e. The fourth-order valence-corrected chi connectivity index (χ4v) is 3.83. The van der Waals surface area contributed by atoms with E-state index in [1.807, 2.05) is 42.5 Å². The summed E-state index contributed by atoms with van der Waals surface area (Å²) in [4.78, 5) is 0. The van der Waals surface area contributed by atoms with Crippen LogP contribution in [0.4, 0.5) is 0 Å². The van der Waals surface area contributed by atoms with Crippen molar-refractivity contribution in [2.45, 2.75) is 19.3 Å². The van der Waals surface area contributed by atoms with Gasteiger partial charge in [-0.15, -0.1) is 19.7 Å². The second-order valence-corrected chi connectivity index (χ2v) is 6.78. The van der Waals surface area contributed by atoms with E-state index in [1.54, 1.807) is 6.07 Å². The van der Waals surface area contributed by atoms with E-state index in [-0.39, 0.29) is 5.75 Å². The summed E-state index contributed by atoms with van der Waals surface area (Å²) >= 11 is 0. The van der Waals surface area contributed by atoms with Crippen molar-refractivity contribution in [2.75, 3.05) is 0 Å². The molecular weight excluding hydrogens is 340 g/mol. The zero-order valence-electron chi connectivity index (χ0n) is 16.2. The molecule has 0 bridgehead atoms. The fraction of sp³-hybridized carbons (Fsp3) is 0.111. The monoisotopic (exact) mass is 366 g/mol. The smallest absolute Gasteiger partial charge is 0.123 e. The Morgan fingerprint density at radius 1 is 0.679 bits per heavy atom. The second kappa shape index (κ2) is 9.05. The first-order chi connectivity index (χ1) is 13.7. The Morgan fingerprint density at radius 3 is 1.86 bits per heavy atom. The van der Waals surface area contributed by atoms with Gasteiger partial charge in [0.15, 0.2) is 0 Å². The number of para-hydroxylation sites is 1. The highest BCUT2D eigenvalue weighted by molar-refractivity contribution is 5.86. The summed E-state index contributed by atoms with van der Waals surface area (Å²) in [5, 5.41) is 10.6. The quantitative estimate of drug-likeness (QED) is 0.429. The average molecular weight is 367 g/mol. The van der Waals surface area contributed by atoms with E-state index >= 15 is 0 Å². The van der Waals surface area contributed by atoms with Crippen LogP contribution in [0.15, 0.2) is 98.6 Å². The molecule has 3 aromatic carbocycles. The molecule has 1 nitrogen and oxygen atoms in total. The van der Waals surface area contributed by atoms with Crippen molar-refractivity contribution < 1.29 is 5.11 Å². The molecule has 0 aliphatic heterocycles. The molecular formula is C27H26O. The van der Waals surface area contributed by atoms with Gasteiger partial charge in [0, 0.05) is 5.56 Å². The second-order valence-electron chi connectivity index (χ2n) is 6.78. The fourth-order valence-electron chi connectivity index (χ4n) is 3.83. The summed E-state index contributed by atoms with van der Waals surface area (Å²) in [5.74, 6) is 0.286. The molecule has 0 aliphatic rings. The average Bonchev–Trinajstić information content (AvgIpc) is 2.70. The Labute approximate surface area is 168 Å². The molecule has 3 aromatic rings. The molecule has 0 saturated heterocycles. The van der Waals surface area contributed by atoms with Crippen molar-refractivity contribution in [3.05, 3.63) is 115 Å². The van der Waals surface area contributed by atoms with Crippen LogP contribution in [0.3, 0.4) is 0 Å². The third-order valence-corrected chi connectivity index (χ3v) is 4.91. The third-order valence-electron chi connectivity index (χ3n) is 4.91. The lowest BCUT2D eigenvalue weighted by Gasteiger charge is -2.22. The number of phenols is 1. The molecule has 0 saturated carbocycles. The Hall–Kier alpha value is -3.32. The molecule has 0 radical (unpaired) electrons. The summed E-state index contributed by atoms with van der Waals surface area (Å²) in [6, 6.07) is 20.2.